The molecule has 0 saturated heterocycles. The summed E-state index contributed by atoms with van der Waals surface area (Å²) in [5.74, 6) is 1.52. The maximum atomic E-state index is 12.2. The van der Waals surface area contributed by atoms with Crippen LogP contribution in [0.1, 0.15) is 54.6 Å². The van der Waals surface area contributed by atoms with Crippen LogP contribution in [0.3, 0.4) is 0 Å². The Kier molecular flexibility index (Phi) is 5.31. The zero-order valence-electron chi connectivity index (χ0n) is 15.2. The summed E-state index contributed by atoms with van der Waals surface area (Å²) in [7, 11) is 0. The molecule has 0 aromatic carbocycles. The lowest BCUT2D eigenvalue weighted by Crippen LogP contribution is -2.32. The fourth-order valence-corrected chi connectivity index (χ4v) is 3.40. The third-order valence-electron chi connectivity index (χ3n) is 4.43. The molecule has 3 rings (SSSR count). The van der Waals surface area contributed by atoms with Gasteiger partial charge in [-0.05, 0) is 39.7 Å². The maximum absolute atomic E-state index is 12.2. The number of carbonyl (C=O) groups excluding carboxylic acids is 1. The van der Waals surface area contributed by atoms with Crippen LogP contribution in [0.4, 0.5) is 10.6 Å². The molecule has 0 bridgehead atoms. The number of amides is 2. The highest BCUT2D eigenvalue weighted by molar-refractivity contribution is 5.88. The first-order valence-corrected chi connectivity index (χ1v) is 8.93. The van der Waals surface area contributed by atoms with Crippen LogP contribution in [0.15, 0.2) is 12.1 Å². The second-order valence-electron chi connectivity index (χ2n) is 6.75. The van der Waals surface area contributed by atoms with Gasteiger partial charge >= 0.3 is 6.03 Å². The molecule has 2 N–H and O–H groups in total. The van der Waals surface area contributed by atoms with E-state index in [1.54, 1.807) is 0 Å². The quantitative estimate of drug-likeness (QED) is 0.874. The van der Waals surface area contributed by atoms with Gasteiger partial charge in [0.25, 0.3) is 0 Å². The molecule has 1 saturated carbocycles. The van der Waals surface area contributed by atoms with Crippen LogP contribution in [0.2, 0.25) is 0 Å². The van der Waals surface area contributed by atoms with Gasteiger partial charge in [-0.2, -0.15) is 5.10 Å². The van der Waals surface area contributed by atoms with E-state index in [2.05, 4.69) is 25.7 Å². The van der Waals surface area contributed by atoms with Crippen molar-refractivity contribution >= 4 is 11.8 Å². The normalized spacial score (nSPS) is 14.7. The third-order valence-corrected chi connectivity index (χ3v) is 4.43. The Bertz CT molecular complexity index is 728. The van der Waals surface area contributed by atoms with Gasteiger partial charge in [-0.15, -0.1) is 0 Å². The molecule has 1 aliphatic rings. The number of aromatic nitrogens is 4. The van der Waals surface area contributed by atoms with Crippen LogP contribution in [0.5, 0.6) is 0 Å². The van der Waals surface area contributed by atoms with Gasteiger partial charge in [0.05, 0.1) is 11.7 Å². The van der Waals surface area contributed by atoms with Crippen LogP contribution in [0, 0.1) is 20.8 Å². The predicted octanol–water partition coefficient (Wildman–Crippen LogP) is 3.08. The molecular formula is C18H26N6O. The predicted molar refractivity (Wildman–Crippen MR) is 96.7 cm³/mol. The van der Waals surface area contributed by atoms with E-state index in [1.807, 2.05) is 37.6 Å². The Morgan fingerprint density at radius 3 is 2.48 bits per heavy atom. The largest absolute Gasteiger partial charge is 0.337 e. The average Bonchev–Trinajstić information content (AvgIpc) is 3.15. The molecule has 0 radical (unpaired) electrons. The van der Waals surface area contributed by atoms with E-state index in [0.717, 1.165) is 41.6 Å². The number of rotatable bonds is 5. The van der Waals surface area contributed by atoms with Gasteiger partial charge in [-0.3, -0.25) is 5.32 Å². The lowest BCUT2D eigenvalue weighted by molar-refractivity contribution is 0.252. The molecule has 0 aliphatic heterocycles. The SMILES string of the molecule is Cc1cc(C)nc(CCNC(=O)Nc2cc(C)nn2C2CCCC2)n1. The smallest absolute Gasteiger partial charge is 0.320 e. The molecule has 1 aliphatic carbocycles. The van der Waals surface area contributed by atoms with E-state index in [9.17, 15) is 4.79 Å². The Morgan fingerprint density at radius 1 is 1.12 bits per heavy atom. The Labute approximate surface area is 148 Å². The fourth-order valence-electron chi connectivity index (χ4n) is 3.40. The number of carbonyl (C=O) groups is 1. The molecule has 7 nitrogen and oxygen atoms in total. The molecular weight excluding hydrogens is 316 g/mol. The monoisotopic (exact) mass is 342 g/mol. The van der Waals surface area contributed by atoms with Crippen molar-refractivity contribution in [3.8, 4) is 0 Å². The minimum Gasteiger partial charge on any atom is -0.337 e. The van der Waals surface area contributed by atoms with Gasteiger partial charge in [0.2, 0.25) is 0 Å². The second kappa shape index (κ2) is 7.63. The number of urea groups is 1. The lowest BCUT2D eigenvalue weighted by atomic mass is 10.2. The molecule has 2 amide bonds. The van der Waals surface area contributed by atoms with Gasteiger partial charge in [0.15, 0.2) is 0 Å². The number of nitrogens with one attached hydrogen (secondary N) is 2. The van der Waals surface area contributed by atoms with Crippen LogP contribution in [0.25, 0.3) is 0 Å². The summed E-state index contributed by atoms with van der Waals surface area (Å²) >= 11 is 0. The van der Waals surface area contributed by atoms with Crippen molar-refractivity contribution in [2.24, 2.45) is 0 Å². The first-order chi connectivity index (χ1) is 12.0. The van der Waals surface area contributed by atoms with E-state index < -0.39 is 0 Å². The zero-order chi connectivity index (χ0) is 17.8. The highest BCUT2D eigenvalue weighted by atomic mass is 16.2. The van der Waals surface area contributed by atoms with E-state index in [1.165, 1.54) is 12.8 Å². The lowest BCUT2D eigenvalue weighted by Gasteiger charge is -2.15. The van der Waals surface area contributed by atoms with Crippen LogP contribution >= 0.6 is 0 Å². The first kappa shape index (κ1) is 17.4. The molecule has 2 aromatic rings. The molecule has 134 valence electrons. The Morgan fingerprint density at radius 2 is 1.80 bits per heavy atom. The summed E-state index contributed by atoms with van der Waals surface area (Å²) < 4.78 is 1.97. The van der Waals surface area contributed by atoms with Crippen LogP contribution < -0.4 is 10.6 Å². The van der Waals surface area contributed by atoms with Crippen molar-refractivity contribution < 1.29 is 4.79 Å². The second-order valence-corrected chi connectivity index (χ2v) is 6.75. The fraction of sp³-hybridized carbons (Fsp3) is 0.556. The van der Waals surface area contributed by atoms with E-state index in [-0.39, 0.29) is 6.03 Å². The molecule has 25 heavy (non-hydrogen) atoms. The standard InChI is InChI=1S/C18H26N6O/c1-12-10-13(2)21-16(20-12)8-9-19-18(25)22-17-11-14(3)23-24(17)15-6-4-5-7-15/h10-11,15H,4-9H2,1-3H3,(H2,19,22,25). The topological polar surface area (TPSA) is 84.7 Å². The molecule has 1 fully saturated rings. The molecule has 2 heterocycles. The number of hydrogen-bond donors (Lipinski definition) is 2. The maximum Gasteiger partial charge on any atom is 0.320 e. The van der Waals surface area contributed by atoms with Gasteiger partial charge in [0, 0.05) is 30.4 Å². The summed E-state index contributed by atoms with van der Waals surface area (Å²) in [5.41, 5.74) is 2.82. The van der Waals surface area contributed by atoms with Crippen molar-refractivity contribution in [2.45, 2.75) is 58.9 Å². The number of anilines is 1. The van der Waals surface area contributed by atoms with Crippen molar-refractivity contribution in [2.75, 3.05) is 11.9 Å². The number of aryl methyl sites for hydroxylation is 3. The summed E-state index contributed by atoms with van der Waals surface area (Å²) in [6, 6.07) is 4.04. The van der Waals surface area contributed by atoms with Gasteiger partial charge in [0.1, 0.15) is 11.6 Å². The van der Waals surface area contributed by atoms with E-state index in [0.29, 0.717) is 19.0 Å². The minimum absolute atomic E-state index is 0.219. The zero-order valence-corrected chi connectivity index (χ0v) is 15.2. The van der Waals surface area contributed by atoms with Gasteiger partial charge in [-0.25, -0.2) is 19.4 Å². The van der Waals surface area contributed by atoms with Crippen molar-refractivity contribution in [3.05, 3.63) is 35.0 Å². The van der Waals surface area contributed by atoms with Gasteiger partial charge < -0.3 is 5.32 Å². The third kappa shape index (κ3) is 4.55. The summed E-state index contributed by atoms with van der Waals surface area (Å²) in [6.07, 6.45) is 5.32. The molecule has 2 aromatic heterocycles. The molecule has 0 unspecified atom stereocenters. The summed E-state index contributed by atoms with van der Waals surface area (Å²) in [4.78, 5) is 21.0. The summed E-state index contributed by atoms with van der Waals surface area (Å²) in [5, 5.41) is 10.3. The highest BCUT2D eigenvalue weighted by Gasteiger charge is 2.21. The Balaban J connectivity index is 1.54. The highest BCUT2D eigenvalue weighted by Crippen LogP contribution is 2.31. The molecule has 7 heteroatoms. The molecule has 0 atom stereocenters. The minimum atomic E-state index is -0.219. The first-order valence-electron chi connectivity index (χ1n) is 8.93. The molecule has 0 spiro atoms. The number of nitrogens with zero attached hydrogens (tertiary/aromatic N) is 4. The van der Waals surface area contributed by atoms with E-state index in [4.69, 9.17) is 0 Å². The average molecular weight is 342 g/mol. The number of hydrogen-bond acceptors (Lipinski definition) is 4. The van der Waals surface area contributed by atoms with E-state index >= 15 is 0 Å². The van der Waals surface area contributed by atoms with Gasteiger partial charge in [-0.1, -0.05) is 12.8 Å². The van der Waals surface area contributed by atoms with Crippen molar-refractivity contribution in [1.82, 2.24) is 25.1 Å². The Hall–Kier alpha value is -2.44. The van der Waals surface area contributed by atoms with Crippen LogP contribution in [-0.2, 0) is 6.42 Å². The van der Waals surface area contributed by atoms with Crippen LogP contribution in [-0.4, -0.2) is 32.3 Å². The van der Waals surface area contributed by atoms with Crippen molar-refractivity contribution in [1.29, 1.82) is 0 Å². The summed E-state index contributed by atoms with van der Waals surface area (Å²) in [6.45, 7) is 6.34. The van der Waals surface area contributed by atoms with Crippen molar-refractivity contribution in [3.63, 3.8) is 0 Å².